The minimum Gasteiger partial charge on any atom is -0.480 e. The standard InChI is InChI=1S/C10H20N2O5/c1-3-10(2,8(15)16)11-9(17)12(4-6-13)5-7-14/h13-14H,3-7H2,1-2H3,(H,11,17)(H,15,16). The molecule has 1 atom stereocenters. The Kier molecular flexibility index (Phi) is 6.52. The fraction of sp³-hybridized carbons (Fsp3) is 0.800. The predicted octanol–water partition coefficient (Wildman–Crippen LogP) is -0.764. The van der Waals surface area contributed by atoms with E-state index in [1.807, 2.05) is 0 Å². The van der Waals surface area contributed by atoms with Crippen molar-refractivity contribution in [2.75, 3.05) is 26.3 Å². The summed E-state index contributed by atoms with van der Waals surface area (Å²) in [5.74, 6) is -1.12. The van der Waals surface area contributed by atoms with Gasteiger partial charge in [0.15, 0.2) is 0 Å². The highest BCUT2D eigenvalue weighted by Gasteiger charge is 2.34. The van der Waals surface area contributed by atoms with Crippen molar-refractivity contribution in [3.05, 3.63) is 0 Å². The van der Waals surface area contributed by atoms with Crippen molar-refractivity contribution in [3.8, 4) is 0 Å². The Labute approximate surface area is 100 Å². The molecule has 2 amide bonds. The van der Waals surface area contributed by atoms with Crippen molar-refractivity contribution in [1.29, 1.82) is 0 Å². The van der Waals surface area contributed by atoms with Gasteiger partial charge in [0.2, 0.25) is 0 Å². The van der Waals surface area contributed by atoms with Crippen LogP contribution in [0.15, 0.2) is 0 Å². The summed E-state index contributed by atoms with van der Waals surface area (Å²) in [7, 11) is 0. The van der Waals surface area contributed by atoms with Crippen LogP contribution in [0.4, 0.5) is 4.79 Å². The van der Waals surface area contributed by atoms with Crippen LogP contribution in [0.5, 0.6) is 0 Å². The van der Waals surface area contributed by atoms with Crippen LogP contribution in [-0.2, 0) is 4.79 Å². The van der Waals surface area contributed by atoms with Crippen LogP contribution in [-0.4, -0.2) is 64.1 Å². The summed E-state index contributed by atoms with van der Waals surface area (Å²) >= 11 is 0. The van der Waals surface area contributed by atoms with E-state index in [0.29, 0.717) is 0 Å². The maximum Gasteiger partial charge on any atom is 0.329 e. The van der Waals surface area contributed by atoms with Gasteiger partial charge in [-0.2, -0.15) is 0 Å². The van der Waals surface area contributed by atoms with Gasteiger partial charge in [-0.3, -0.25) is 0 Å². The molecule has 7 heteroatoms. The Balaban J connectivity index is 4.62. The molecule has 0 aliphatic rings. The number of aliphatic hydroxyl groups excluding tert-OH is 2. The zero-order valence-corrected chi connectivity index (χ0v) is 10.1. The summed E-state index contributed by atoms with van der Waals surface area (Å²) in [6.45, 7) is 2.66. The summed E-state index contributed by atoms with van der Waals surface area (Å²) in [4.78, 5) is 23.9. The molecule has 0 aromatic rings. The largest absolute Gasteiger partial charge is 0.480 e. The van der Waals surface area contributed by atoms with Crippen molar-refractivity contribution in [2.24, 2.45) is 0 Å². The average molecular weight is 248 g/mol. The fourth-order valence-corrected chi connectivity index (χ4v) is 1.16. The molecule has 0 aliphatic heterocycles. The molecule has 0 bridgehead atoms. The van der Waals surface area contributed by atoms with Gasteiger partial charge in [-0.15, -0.1) is 0 Å². The van der Waals surface area contributed by atoms with Crippen molar-refractivity contribution in [1.82, 2.24) is 10.2 Å². The Morgan fingerprint density at radius 2 is 1.71 bits per heavy atom. The molecule has 4 N–H and O–H groups in total. The summed E-state index contributed by atoms with van der Waals surface area (Å²) in [6.07, 6.45) is 0.236. The highest BCUT2D eigenvalue weighted by atomic mass is 16.4. The second kappa shape index (κ2) is 7.08. The first kappa shape index (κ1) is 15.7. The first-order valence-corrected chi connectivity index (χ1v) is 5.43. The number of urea groups is 1. The number of aliphatic hydroxyl groups is 2. The van der Waals surface area contributed by atoms with Crippen molar-refractivity contribution in [3.63, 3.8) is 0 Å². The highest BCUT2D eigenvalue weighted by molar-refractivity contribution is 5.85. The molecule has 0 radical (unpaired) electrons. The third kappa shape index (κ3) is 4.58. The van der Waals surface area contributed by atoms with E-state index in [0.717, 1.165) is 4.90 Å². The highest BCUT2D eigenvalue weighted by Crippen LogP contribution is 2.10. The molecule has 0 rings (SSSR count). The number of nitrogens with one attached hydrogen (secondary N) is 1. The molecular weight excluding hydrogens is 228 g/mol. The quantitative estimate of drug-likeness (QED) is 0.473. The number of amides is 2. The van der Waals surface area contributed by atoms with E-state index in [1.165, 1.54) is 6.92 Å². The lowest BCUT2D eigenvalue weighted by molar-refractivity contribution is -0.143. The lowest BCUT2D eigenvalue weighted by Crippen LogP contribution is -2.56. The van der Waals surface area contributed by atoms with Gasteiger partial charge in [-0.25, -0.2) is 9.59 Å². The molecule has 0 saturated carbocycles. The molecule has 17 heavy (non-hydrogen) atoms. The lowest BCUT2D eigenvalue weighted by Gasteiger charge is -2.29. The van der Waals surface area contributed by atoms with Gasteiger partial charge in [0.25, 0.3) is 0 Å². The number of carbonyl (C=O) groups excluding carboxylic acids is 1. The number of aliphatic carboxylic acids is 1. The molecule has 0 fully saturated rings. The number of carbonyl (C=O) groups is 2. The summed E-state index contributed by atoms with van der Waals surface area (Å²) in [5, 5.41) is 28.9. The van der Waals surface area contributed by atoms with Crippen molar-refractivity contribution < 1.29 is 24.9 Å². The molecule has 7 nitrogen and oxygen atoms in total. The molecule has 1 unspecified atom stereocenters. The number of rotatable bonds is 7. The van der Waals surface area contributed by atoms with Crippen LogP contribution in [0.1, 0.15) is 20.3 Å². The van der Waals surface area contributed by atoms with Gasteiger partial charge in [-0.1, -0.05) is 6.92 Å². The number of carboxylic acids is 1. The van der Waals surface area contributed by atoms with E-state index in [9.17, 15) is 9.59 Å². The maximum absolute atomic E-state index is 11.7. The van der Waals surface area contributed by atoms with Gasteiger partial charge < -0.3 is 25.5 Å². The van der Waals surface area contributed by atoms with E-state index in [1.54, 1.807) is 6.92 Å². The smallest absolute Gasteiger partial charge is 0.329 e. The molecule has 0 aromatic heterocycles. The molecule has 0 heterocycles. The normalized spacial score (nSPS) is 13.9. The Bertz CT molecular complexity index is 265. The second-order valence-electron chi connectivity index (χ2n) is 3.86. The van der Waals surface area contributed by atoms with Gasteiger partial charge in [-0.05, 0) is 13.3 Å². The van der Waals surface area contributed by atoms with Crippen LogP contribution in [0, 0.1) is 0 Å². The number of nitrogens with zero attached hydrogens (tertiary/aromatic N) is 1. The summed E-state index contributed by atoms with van der Waals surface area (Å²) in [6, 6.07) is -0.611. The predicted molar refractivity (Wildman–Crippen MR) is 60.6 cm³/mol. The van der Waals surface area contributed by atoms with E-state index in [4.69, 9.17) is 15.3 Å². The summed E-state index contributed by atoms with van der Waals surface area (Å²) < 4.78 is 0. The van der Waals surface area contributed by atoms with Crippen molar-refractivity contribution in [2.45, 2.75) is 25.8 Å². The molecule has 0 aliphatic carbocycles. The minimum atomic E-state index is -1.35. The van der Waals surface area contributed by atoms with E-state index in [-0.39, 0.29) is 32.7 Å². The average Bonchev–Trinajstić information content (AvgIpc) is 2.28. The third-order valence-corrected chi connectivity index (χ3v) is 2.59. The molecule has 0 spiro atoms. The fourth-order valence-electron chi connectivity index (χ4n) is 1.16. The number of carboxylic acid groups (broad SMARTS) is 1. The Morgan fingerprint density at radius 1 is 1.24 bits per heavy atom. The van der Waals surface area contributed by atoms with Gasteiger partial charge >= 0.3 is 12.0 Å². The molecule has 0 saturated heterocycles. The van der Waals surface area contributed by atoms with Gasteiger partial charge in [0.1, 0.15) is 5.54 Å². The van der Waals surface area contributed by atoms with E-state index < -0.39 is 17.5 Å². The van der Waals surface area contributed by atoms with Crippen molar-refractivity contribution >= 4 is 12.0 Å². The maximum atomic E-state index is 11.7. The van der Waals surface area contributed by atoms with Crippen LogP contribution in [0.2, 0.25) is 0 Å². The lowest BCUT2D eigenvalue weighted by atomic mass is 10.00. The summed E-state index contributed by atoms with van der Waals surface area (Å²) in [5.41, 5.74) is -1.35. The molecular formula is C10H20N2O5. The van der Waals surface area contributed by atoms with Gasteiger partial charge in [0, 0.05) is 13.1 Å². The van der Waals surface area contributed by atoms with E-state index in [2.05, 4.69) is 5.32 Å². The molecule has 100 valence electrons. The van der Waals surface area contributed by atoms with Crippen LogP contribution in [0.25, 0.3) is 0 Å². The minimum absolute atomic E-state index is 0.0474. The van der Waals surface area contributed by atoms with Gasteiger partial charge in [0.05, 0.1) is 13.2 Å². The molecule has 0 aromatic carbocycles. The third-order valence-electron chi connectivity index (χ3n) is 2.59. The first-order valence-electron chi connectivity index (χ1n) is 5.43. The van der Waals surface area contributed by atoms with Crippen LogP contribution >= 0.6 is 0 Å². The zero-order chi connectivity index (χ0) is 13.5. The SMILES string of the molecule is CCC(C)(NC(=O)N(CCO)CCO)C(=O)O. The second-order valence-corrected chi connectivity index (χ2v) is 3.86. The van der Waals surface area contributed by atoms with E-state index >= 15 is 0 Å². The number of hydrogen-bond donors (Lipinski definition) is 4. The Morgan fingerprint density at radius 3 is 2.00 bits per heavy atom. The van der Waals surface area contributed by atoms with Crippen LogP contribution in [0.3, 0.4) is 0 Å². The zero-order valence-electron chi connectivity index (χ0n) is 10.1. The van der Waals surface area contributed by atoms with Crippen LogP contribution < -0.4 is 5.32 Å². The Hall–Kier alpha value is -1.34. The number of hydrogen-bond acceptors (Lipinski definition) is 4. The topological polar surface area (TPSA) is 110 Å². The first-order chi connectivity index (χ1) is 7.91. The monoisotopic (exact) mass is 248 g/mol.